The third-order valence-corrected chi connectivity index (χ3v) is 4.39. The molecule has 128 valence electrons. The van der Waals surface area contributed by atoms with Crippen LogP contribution in [0.4, 0.5) is 0 Å². The van der Waals surface area contributed by atoms with E-state index in [9.17, 15) is 9.90 Å². The Hall–Kier alpha value is -2.18. The van der Waals surface area contributed by atoms with Crippen molar-refractivity contribution < 1.29 is 14.4 Å². The lowest BCUT2D eigenvalue weighted by Gasteiger charge is -2.35. The fraction of sp³-hybridized carbons (Fsp3) is 0.444. The molecule has 6 heteroatoms. The van der Waals surface area contributed by atoms with E-state index in [2.05, 4.69) is 10.1 Å². The lowest BCUT2D eigenvalue weighted by molar-refractivity contribution is 0.0496. The second-order valence-corrected chi connectivity index (χ2v) is 6.35. The number of aliphatic hydroxyl groups is 1. The molecule has 1 aliphatic rings. The Morgan fingerprint density at radius 1 is 1.21 bits per heavy atom. The van der Waals surface area contributed by atoms with E-state index >= 15 is 0 Å². The fourth-order valence-corrected chi connectivity index (χ4v) is 2.89. The summed E-state index contributed by atoms with van der Waals surface area (Å²) < 4.78 is 5.04. The zero-order valence-electron chi connectivity index (χ0n) is 14.1. The van der Waals surface area contributed by atoms with Gasteiger partial charge in [0.15, 0.2) is 0 Å². The van der Waals surface area contributed by atoms with Crippen molar-refractivity contribution in [2.75, 3.05) is 32.7 Å². The molecular weight excluding hydrogens is 306 g/mol. The first-order chi connectivity index (χ1) is 11.5. The summed E-state index contributed by atoms with van der Waals surface area (Å²) in [5, 5.41) is 14.1. The Morgan fingerprint density at radius 2 is 1.88 bits per heavy atom. The topological polar surface area (TPSA) is 69.8 Å². The number of benzene rings is 1. The van der Waals surface area contributed by atoms with E-state index in [1.54, 1.807) is 17.9 Å². The molecule has 24 heavy (non-hydrogen) atoms. The summed E-state index contributed by atoms with van der Waals surface area (Å²) in [6.07, 6.45) is -0.509. The van der Waals surface area contributed by atoms with Gasteiger partial charge >= 0.3 is 0 Å². The molecule has 0 spiro atoms. The monoisotopic (exact) mass is 329 g/mol. The molecule has 1 fully saturated rings. The van der Waals surface area contributed by atoms with Crippen LogP contribution in [0.15, 0.2) is 34.9 Å². The van der Waals surface area contributed by atoms with Crippen molar-refractivity contribution in [2.24, 2.45) is 0 Å². The largest absolute Gasteiger partial charge is 0.387 e. The van der Waals surface area contributed by atoms with Gasteiger partial charge in [0.2, 0.25) is 5.76 Å². The lowest BCUT2D eigenvalue weighted by atomic mass is 10.1. The van der Waals surface area contributed by atoms with E-state index in [1.165, 1.54) is 5.56 Å². The summed E-state index contributed by atoms with van der Waals surface area (Å²) in [5.74, 6) is 0.176. The standard InChI is InChI=1S/C18H23N3O3/c1-13-3-5-15(6-4-13)16(22)12-20-7-9-21(10-8-20)18(23)17-11-14(2)19-24-17/h3-6,11,16,22H,7-10,12H2,1-2H3. The van der Waals surface area contributed by atoms with Crippen LogP contribution < -0.4 is 0 Å². The molecule has 0 aliphatic carbocycles. The smallest absolute Gasteiger partial charge is 0.292 e. The van der Waals surface area contributed by atoms with Gasteiger partial charge in [-0.15, -0.1) is 0 Å². The number of aryl methyl sites for hydroxylation is 2. The summed E-state index contributed by atoms with van der Waals surface area (Å²) in [4.78, 5) is 16.3. The minimum atomic E-state index is -0.509. The quantitative estimate of drug-likeness (QED) is 0.926. The summed E-state index contributed by atoms with van der Waals surface area (Å²) in [6.45, 7) is 7.13. The summed E-state index contributed by atoms with van der Waals surface area (Å²) in [6, 6.07) is 9.61. The molecule has 0 saturated carbocycles. The number of hydrogen-bond donors (Lipinski definition) is 1. The lowest BCUT2D eigenvalue weighted by Crippen LogP contribution is -2.49. The Kier molecular flexibility index (Phi) is 4.97. The van der Waals surface area contributed by atoms with Crippen LogP contribution in [0.25, 0.3) is 0 Å². The number of rotatable bonds is 4. The molecule has 1 aromatic heterocycles. The van der Waals surface area contributed by atoms with Gasteiger partial charge < -0.3 is 14.5 Å². The van der Waals surface area contributed by atoms with Gasteiger partial charge in [0, 0.05) is 38.8 Å². The molecule has 1 N–H and O–H groups in total. The number of β-amino-alcohol motifs (C(OH)–C–C–N with tert-alkyl or cyclic N) is 1. The first kappa shape index (κ1) is 16.7. The predicted octanol–water partition coefficient (Wildman–Crippen LogP) is 1.78. The molecule has 1 aromatic carbocycles. The third kappa shape index (κ3) is 3.83. The molecule has 3 rings (SSSR count). The van der Waals surface area contributed by atoms with Crippen LogP contribution in [0.1, 0.15) is 33.5 Å². The van der Waals surface area contributed by atoms with E-state index in [0.717, 1.165) is 18.7 Å². The van der Waals surface area contributed by atoms with Gasteiger partial charge in [-0.05, 0) is 19.4 Å². The van der Waals surface area contributed by atoms with Gasteiger partial charge in [-0.1, -0.05) is 35.0 Å². The van der Waals surface area contributed by atoms with Gasteiger partial charge in [-0.2, -0.15) is 0 Å². The highest BCUT2D eigenvalue weighted by Gasteiger charge is 2.25. The molecule has 1 unspecified atom stereocenters. The van der Waals surface area contributed by atoms with Gasteiger partial charge in [0.25, 0.3) is 5.91 Å². The van der Waals surface area contributed by atoms with Gasteiger partial charge in [0.1, 0.15) is 0 Å². The maximum absolute atomic E-state index is 12.3. The molecule has 2 aromatic rings. The summed E-state index contributed by atoms with van der Waals surface area (Å²) >= 11 is 0. The van der Waals surface area contributed by atoms with Crippen molar-refractivity contribution in [3.05, 3.63) is 52.9 Å². The average Bonchev–Trinajstić information content (AvgIpc) is 3.02. The molecule has 2 heterocycles. The number of amides is 1. The maximum Gasteiger partial charge on any atom is 0.292 e. The number of aromatic nitrogens is 1. The van der Waals surface area contributed by atoms with Crippen molar-refractivity contribution in [3.63, 3.8) is 0 Å². The van der Waals surface area contributed by atoms with Crippen LogP contribution in [0.3, 0.4) is 0 Å². The number of nitrogens with zero attached hydrogens (tertiary/aromatic N) is 3. The van der Waals surface area contributed by atoms with E-state index in [4.69, 9.17) is 4.52 Å². The van der Waals surface area contributed by atoms with Crippen LogP contribution in [-0.2, 0) is 0 Å². The van der Waals surface area contributed by atoms with Crippen LogP contribution >= 0.6 is 0 Å². The Labute approximate surface area is 141 Å². The van der Waals surface area contributed by atoms with E-state index in [1.807, 2.05) is 31.2 Å². The SMILES string of the molecule is Cc1ccc(C(O)CN2CCN(C(=O)c3cc(C)no3)CC2)cc1. The van der Waals surface area contributed by atoms with Crippen LogP contribution in [0.2, 0.25) is 0 Å². The van der Waals surface area contributed by atoms with Crippen molar-refractivity contribution in [3.8, 4) is 0 Å². The van der Waals surface area contributed by atoms with E-state index in [0.29, 0.717) is 31.1 Å². The first-order valence-electron chi connectivity index (χ1n) is 8.22. The second kappa shape index (κ2) is 7.15. The summed E-state index contributed by atoms with van der Waals surface area (Å²) in [5.41, 5.74) is 2.81. The molecular formula is C18H23N3O3. The Balaban J connectivity index is 1.51. The molecule has 0 radical (unpaired) electrons. The minimum absolute atomic E-state index is 0.116. The van der Waals surface area contributed by atoms with Gasteiger partial charge in [0.05, 0.1) is 11.8 Å². The highest BCUT2D eigenvalue weighted by Crippen LogP contribution is 2.17. The van der Waals surface area contributed by atoms with Crippen LogP contribution in [-0.4, -0.2) is 58.7 Å². The third-order valence-electron chi connectivity index (χ3n) is 4.39. The molecule has 1 aliphatic heterocycles. The minimum Gasteiger partial charge on any atom is -0.387 e. The zero-order valence-corrected chi connectivity index (χ0v) is 14.1. The number of piperazine rings is 1. The number of hydrogen-bond acceptors (Lipinski definition) is 5. The molecule has 1 amide bonds. The maximum atomic E-state index is 12.3. The summed E-state index contributed by atoms with van der Waals surface area (Å²) in [7, 11) is 0. The van der Waals surface area contributed by atoms with Crippen molar-refractivity contribution >= 4 is 5.91 Å². The van der Waals surface area contributed by atoms with Gasteiger partial charge in [-0.3, -0.25) is 9.69 Å². The number of aliphatic hydroxyl groups excluding tert-OH is 1. The predicted molar refractivity (Wildman–Crippen MR) is 89.7 cm³/mol. The van der Waals surface area contributed by atoms with Crippen LogP contribution in [0.5, 0.6) is 0 Å². The average molecular weight is 329 g/mol. The molecule has 6 nitrogen and oxygen atoms in total. The second-order valence-electron chi connectivity index (χ2n) is 6.35. The van der Waals surface area contributed by atoms with Crippen molar-refractivity contribution in [2.45, 2.75) is 20.0 Å². The molecule has 0 bridgehead atoms. The van der Waals surface area contributed by atoms with Gasteiger partial charge in [-0.25, -0.2) is 0 Å². The number of carbonyl (C=O) groups is 1. The normalized spacial score (nSPS) is 17.0. The molecule has 1 saturated heterocycles. The van der Waals surface area contributed by atoms with E-state index in [-0.39, 0.29) is 5.91 Å². The Morgan fingerprint density at radius 3 is 2.46 bits per heavy atom. The Bertz CT molecular complexity index is 688. The zero-order chi connectivity index (χ0) is 17.1. The fourth-order valence-electron chi connectivity index (χ4n) is 2.89. The van der Waals surface area contributed by atoms with Crippen LogP contribution in [0, 0.1) is 13.8 Å². The van der Waals surface area contributed by atoms with Crippen molar-refractivity contribution in [1.29, 1.82) is 0 Å². The first-order valence-corrected chi connectivity index (χ1v) is 8.22. The number of carbonyl (C=O) groups excluding carboxylic acids is 1. The highest BCUT2D eigenvalue weighted by molar-refractivity contribution is 5.91. The highest BCUT2D eigenvalue weighted by atomic mass is 16.5. The van der Waals surface area contributed by atoms with Crippen molar-refractivity contribution in [1.82, 2.24) is 15.0 Å². The molecule has 1 atom stereocenters. The van der Waals surface area contributed by atoms with E-state index < -0.39 is 6.10 Å².